The minimum Gasteiger partial charge on any atom is -0.278 e. The minimum atomic E-state index is -0.420. The molecule has 7 aromatic rings. The molecular formula is C34H19BrN4. The van der Waals surface area contributed by atoms with Crippen LogP contribution >= 0.6 is 15.9 Å². The predicted molar refractivity (Wildman–Crippen MR) is 158 cm³/mol. The zero-order valence-electron chi connectivity index (χ0n) is 20.6. The summed E-state index contributed by atoms with van der Waals surface area (Å²) < 4.78 is 3.26. The molecule has 0 amide bonds. The van der Waals surface area contributed by atoms with E-state index in [0.29, 0.717) is 5.95 Å². The smallest absolute Gasteiger partial charge is 0.237 e. The van der Waals surface area contributed by atoms with Gasteiger partial charge in [-0.05, 0) is 74.8 Å². The van der Waals surface area contributed by atoms with E-state index in [1.165, 1.54) is 55.3 Å². The van der Waals surface area contributed by atoms with E-state index in [2.05, 4.69) is 139 Å². The third-order valence-corrected chi connectivity index (χ3v) is 9.02. The van der Waals surface area contributed by atoms with Gasteiger partial charge in [0.2, 0.25) is 5.95 Å². The number of hydrogen-bond donors (Lipinski definition) is 0. The van der Waals surface area contributed by atoms with E-state index in [1.54, 1.807) is 12.7 Å². The summed E-state index contributed by atoms with van der Waals surface area (Å²) in [6, 6.07) is 37.8. The maximum Gasteiger partial charge on any atom is 0.237 e. The van der Waals surface area contributed by atoms with E-state index in [0.717, 1.165) is 15.5 Å². The van der Waals surface area contributed by atoms with Crippen LogP contribution in [0.15, 0.2) is 120 Å². The van der Waals surface area contributed by atoms with Crippen LogP contribution in [0, 0.1) is 0 Å². The van der Waals surface area contributed by atoms with Gasteiger partial charge in [0.05, 0.1) is 16.4 Å². The Labute approximate surface area is 232 Å². The highest BCUT2D eigenvalue weighted by atomic mass is 79.9. The Bertz CT molecular complexity index is 2150. The Morgan fingerprint density at radius 3 is 1.97 bits per heavy atom. The first-order valence-corrected chi connectivity index (χ1v) is 13.8. The third-order valence-electron chi connectivity index (χ3n) is 8.52. The van der Waals surface area contributed by atoms with Gasteiger partial charge in [0.1, 0.15) is 12.7 Å². The molecule has 2 aliphatic carbocycles. The molecular weight excluding hydrogens is 544 g/mol. The molecule has 0 saturated carbocycles. The predicted octanol–water partition coefficient (Wildman–Crippen LogP) is 8.07. The standard InChI is InChI=1S/C34H19BrN4/c35-20-13-14-23-21-7-1-4-10-27(21)34(29(23)15-20)28-11-5-2-8-22(28)25-16-26-24-9-3-6-12-31(24)39(32(26)17-30(25)34)33-37-18-36-19-38-33/h1-19H. The zero-order valence-corrected chi connectivity index (χ0v) is 22.2. The summed E-state index contributed by atoms with van der Waals surface area (Å²) >= 11 is 3.80. The third kappa shape index (κ3) is 2.56. The molecule has 2 aliphatic rings. The molecule has 2 heterocycles. The van der Waals surface area contributed by atoms with Crippen molar-refractivity contribution in [2.45, 2.75) is 5.41 Å². The molecule has 9 rings (SSSR count). The van der Waals surface area contributed by atoms with Crippen molar-refractivity contribution in [1.82, 2.24) is 19.5 Å². The van der Waals surface area contributed by atoms with Crippen molar-refractivity contribution in [2.75, 3.05) is 0 Å². The molecule has 1 atom stereocenters. The maximum atomic E-state index is 4.56. The SMILES string of the molecule is Brc1ccc2c(c1)C1(c3ccccc3-2)c2ccccc2-c2cc3c4ccccc4n(-c4ncncn4)c3cc21. The van der Waals surface area contributed by atoms with Gasteiger partial charge < -0.3 is 0 Å². The second-order valence-electron chi connectivity index (χ2n) is 10.2. The molecule has 1 spiro atoms. The lowest BCUT2D eigenvalue weighted by molar-refractivity contribution is 0.793. The minimum absolute atomic E-state index is 0.420. The summed E-state index contributed by atoms with van der Waals surface area (Å²) in [7, 11) is 0. The Morgan fingerprint density at radius 1 is 0.538 bits per heavy atom. The summed E-state index contributed by atoms with van der Waals surface area (Å²) in [4.78, 5) is 13.2. The molecule has 39 heavy (non-hydrogen) atoms. The van der Waals surface area contributed by atoms with Crippen molar-refractivity contribution in [3.63, 3.8) is 0 Å². The van der Waals surface area contributed by atoms with Crippen LogP contribution in [0.4, 0.5) is 0 Å². The quantitative estimate of drug-likeness (QED) is 0.203. The van der Waals surface area contributed by atoms with Crippen LogP contribution in [-0.4, -0.2) is 19.5 Å². The first-order valence-electron chi connectivity index (χ1n) is 13.0. The Hall–Kier alpha value is -4.61. The fourth-order valence-corrected chi connectivity index (χ4v) is 7.50. The summed E-state index contributed by atoms with van der Waals surface area (Å²) in [5.74, 6) is 0.621. The van der Waals surface area contributed by atoms with E-state index in [4.69, 9.17) is 0 Å². The van der Waals surface area contributed by atoms with Crippen LogP contribution in [0.5, 0.6) is 0 Å². The van der Waals surface area contributed by atoms with E-state index in [-0.39, 0.29) is 0 Å². The number of halogens is 1. The lowest BCUT2D eigenvalue weighted by Crippen LogP contribution is -2.26. The van der Waals surface area contributed by atoms with E-state index in [9.17, 15) is 0 Å². The molecule has 0 N–H and O–H groups in total. The second kappa shape index (κ2) is 7.49. The molecule has 0 bridgehead atoms. The molecule has 0 aliphatic heterocycles. The van der Waals surface area contributed by atoms with Gasteiger partial charge in [-0.3, -0.25) is 4.57 Å². The summed E-state index contributed by atoms with van der Waals surface area (Å²) in [6.45, 7) is 0. The van der Waals surface area contributed by atoms with E-state index < -0.39 is 5.41 Å². The van der Waals surface area contributed by atoms with Crippen LogP contribution in [-0.2, 0) is 5.41 Å². The number of nitrogens with zero attached hydrogens (tertiary/aromatic N) is 4. The van der Waals surface area contributed by atoms with Crippen molar-refractivity contribution in [3.8, 4) is 28.2 Å². The van der Waals surface area contributed by atoms with Crippen molar-refractivity contribution in [1.29, 1.82) is 0 Å². The number of hydrogen-bond acceptors (Lipinski definition) is 3. The highest BCUT2D eigenvalue weighted by Crippen LogP contribution is 2.63. The number of fused-ring (bicyclic) bond motifs is 13. The molecule has 0 radical (unpaired) electrons. The monoisotopic (exact) mass is 562 g/mol. The Balaban J connectivity index is 1.50. The normalized spacial score (nSPS) is 16.4. The summed E-state index contributed by atoms with van der Waals surface area (Å²) in [5.41, 5.74) is 12.2. The van der Waals surface area contributed by atoms with Crippen LogP contribution in [0.25, 0.3) is 50.0 Å². The van der Waals surface area contributed by atoms with Crippen molar-refractivity contribution in [2.24, 2.45) is 0 Å². The van der Waals surface area contributed by atoms with E-state index >= 15 is 0 Å². The molecule has 5 aromatic carbocycles. The average Bonchev–Trinajstić information content (AvgIpc) is 3.57. The van der Waals surface area contributed by atoms with Gasteiger partial charge in [-0.1, -0.05) is 88.7 Å². The molecule has 182 valence electrons. The number of rotatable bonds is 1. The molecule has 2 aromatic heterocycles. The maximum absolute atomic E-state index is 4.56. The largest absolute Gasteiger partial charge is 0.278 e. The highest BCUT2D eigenvalue weighted by Gasteiger charge is 2.51. The molecule has 5 heteroatoms. The topological polar surface area (TPSA) is 43.6 Å². The fraction of sp³-hybridized carbons (Fsp3) is 0.0294. The number of benzene rings is 5. The molecule has 0 saturated heterocycles. The van der Waals surface area contributed by atoms with Crippen LogP contribution in [0.3, 0.4) is 0 Å². The first kappa shape index (κ1) is 21.3. The highest BCUT2D eigenvalue weighted by molar-refractivity contribution is 9.10. The van der Waals surface area contributed by atoms with Crippen LogP contribution < -0.4 is 0 Å². The average molecular weight is 563 g/mol. The lowest BCUT2D eigenvalue weighted by atomic mass is 9.70. The van der Waals surface area contributed by atoms with Gasteiger partial charge in [-0.15, -0.1) is 0 Å². The fourth-order valence-electron chi connectivity index (χ4n) is 7.13. The lowest BCUT2D eigenvalue weighted by Gasteiger charge is -2.30. The van der Waals surface area contributed by atoms with Crippen molar-refractivity contribution < 1.29 is 0 Å². The van der Waals surface area contributed by atoms with Gasteiger partial charge in [0.15, 0.2) is 0 Å². The number of para-hydroxylation sites is 1. The van der Waals surface area contributed by atoms with Crippen LogP contribution in [0.1, 0.15) is 22.3 Å². The van der Waals surface area contributed by atoms with Gasteiger partial charge in [0.25, 0.3) is 0 Å². The first-order chi connectivity index (χ1) is 19.3. The Morgan fingerprint density at radius 2 is 1.18 bits per heavy atom. The van der Waals surface area contributed by atoms with Crippen molar-refractivity contribution in [3.05, 3.63) is 143 Å². The molecule has 4 nitrogen and oxygen atoms in total. The van der Waals surface area contributed by atoms with Gasteiger partial charge in [-0.2, -0.15) is 0 Å². The van der Waals surface area contributed by atoms with Gasteiger partial charge >= 0.3 is 0 Å². The number of aromatic nitrogens is 4. The van der Waals surface area contributed by atoms with Crippen LogP contribution in [0.2, 0.25) is 0 Å². The molecule has 1 unspecified atom stereocenters. The zero-order chi connectivity index (χ0) is 25.7. The molecule has 0 fully saturated rings. The van der Waals surface area contributed by atoms with Gasteiger partial charge in [0, 0.05) is 15.2 Å². The summed E-state index contributed by atoms with van der Waals surface area (Å²) in [5, 5.41) is 2.38. The van der Waals surface area contributed by atoms with Crippen molar-refractivity contribution >= 4 is 37.7 Å². The Kier molecular flexibility index (Phi) is 4.10. The van der Waals surface area contributed by atoms with E-state index in [1.807, 2.05) is 0 Å². The van der Waals surface area contributed by atoms with Gasteiger partial charge in [-0.25, -0.2) is 15.0 Å². The summed E-state index contributed by atoms with van der Waals surface area (Å²) in [6.07, 6.45) is 3.13. The second-order valence-corrected chi connectivity index (χ2v) is 11.2.